The Bertz CT molecular complexity index is 1240. The first-order valence-electron chi connectivity index (χ1n) is 11.0. The summed E-state index contributed by atoms with van der Waals surface area (Å²) in [6.07, 6.45) is -5.91. The number of fused-ring (bicyclic) bond motifs is 3. The van der Waals surface area contributed by atoms with Crippen LogP contribution in [0.3, 0.4) is 0 Å². The van der Waals surface area contributed by atoms with Crippen molar-refractivity contribution in [1.82, 2.24) is 25.2 Å². The van der Waals surface area contributed by atoms with E-state index < -0.39 is 69.4 Å². The van der Waals surface area contributed by atoms with Gasteiger partial charge in [-0.15, -0.1) is 0 Å². The third-order valence-electron chi connectivity index (χ3n) is 5.94. The molecule has 0 aliphatic carbocycles. The van der Waals surface area contributed by atoms with Crippen LogP contribution in [0.15, 0.2) is 9.95 Å². The van der Waals surface area contributed by atoms with Crippen molar-refractivity contribution in [3.8, 4) is 5.88 Å². The molecule has 1 amide bonds. The normalized spacial score (nSPS) is 23.1. The molecule has 198 valence electrons. The largest absolute Gasteiger partial charge is 0.462 e. The fourth-order valence-corrected chi connectivity index (χ4v) is 5.07. The number of thioether (sulfide) groups is 1. The molecule has 2 fully saturated rings. The van der Waals surface area contributed by atoms with E-state index in [0.717, 1.165) is 11.8 Å². The molecule has 2 N–H and O–H groups in total. The first-order valence-corrected chi connectivity index (χ1v) is 12.6. The van der Waals surface area contributed by atoms with Gasteiger partial charge in [-0.05, 0) is 39.9 Å². The molecule has 4 rings (SSSR count). The molecule has 0 radical (unpaired) electrons. The summed E-state index contributed by atoms with van der Waals surface area (Å²) in [6, 6.07) is -2.67. The number of hydrogen-bond acceptors (Lipinski definition) is 8. The van der Waals surface area contributed by atoms with Crippen LogP contribution in [-0.4, -0.2) is 74.8 Å². The Morgan fingerprint density at radius 3 is 2.56 bits per heavy atom. The lowest BCUT2D eigenvalue weighted by Crippen LogP contribution is -2.67. The van der Waals surface area contributed by atoms with Crippen molar-refractivity contribution in [3.05, 3.63) is 21.3 Å². The molecule has 4 atom stereocenters. The number of hydrogen-bond donors (Lipinski definition) is 2. The van der Waals surface area contributed by atoms with Gasteiger partial charge in [0.1, 0.15) is 16.5 Å². The summed E-state index contributed by atoms with van der Waals surface area (Å²) in [6.45, 7) is 5.07. The van der Waals surface area contributed by atoms with Gasteiger partial charge in [0.25, 0.3) is 5.56 Å². The van der Waals surface area contributed by atoms with Gasteiger partial charge in [-0.2, -0.15) is 18.2 Å². The third kappa shape index (κ3) is 5.07. The van der Waals surface area contributed by atoms with Crippen LogP contribution in [-0.2, 0) is 4.74 Å². The monoisotopic (exact) mass is 553 g/mol. The molecule has 4 heterocycles. The summed E-state index contributed by atoms with van der Waals surface area (Å²) in [5.74, 6) is -1.97. The molecular weight excluding hydrogens is 530 g/mol. The van der Waals surface area contributed by atoms with Gasteiger partial charge in [-0.25, -0.2) is 14.2 Å². The quantitative estimate of drug-likeness (QED) is 0.254. The Labute approximate surface area is 212 Å². The number of amides is 1. The number of aromatic amines is 1. The van der Waals surface area contributed by atoms with Crippen LogP contribution >= 0.6 is 23.4 Å². The van der Waals surface area contributed by atoms with Crippen LogP contribution in [0.5, 0.6) is 5.88 Å². The number of rotatable bonds is 4. The van der Waals surface area contributed by atoms with Gasteiger partial charge in [0.05, 0.1) is 12.1 Å². The Kier molecular flexibility index (Phi) is 7.07. The highest BCUT2D eigenvalue weighted by molar-refractivity contribution is 7.98. The molecule has 2 aromatic rings. The standard InChI is InChI=1S/C21H24ClF4N5O4S/c1-20(2,3)35-19(33)31-8-5-6-9(31)12(27-7-8)14(21(24,25)26)34-17-10-13(11(23)15(22)29-17)28-18(36-4)30-16(10)32/h8-9,12,14,27H,5-7H2,1-4H3,(H,28,30,32)/t8-,9+,12+,14+/m1/s1. The fraction of sp³-hybridized carbons (Fsp3) is 0.619. The first kappa shape index (κ1) is 26.7. The van der Waals surface area contributed by atoms with E-state index in [2.05, 4.69) is 20.3 Å². The summed E-state index contributed by atoms with van der Waals surface area (Å²) in [5.41, 5.74) is -2.34. The van der Waals surface area contributed by atoms with Crippen LogP contribution in [0, 0.1) is 5.82 Å². The molecule has 0 aromatic carbocycles. The summed E-state index contributed by atoms with van der Waals surface area (Å²) < 4.78 is 68.5. The van der Waals surface area contributed by atoms with Gasteiger partial charge in [-0.3, -0.25) is 9.69 Å². The average molecular weight is 554 g/mol. The topological polar surface area (TPSA) is 109 Å². The smallest absolute Gasteiger partial charge is 0.427 e. The summed E-state index contributed by atoms with van der Waals surface area (Å²) in [5, 5.41) is 1.46. The van der Waals surface area contributed by atoms with Gasteiger partial charge in [0.2, 0.25) is 12.0 Å². The van der Waals surface area contributed by atoms with Gasteiger partial charge in [-0.1, -0.05) is 23.4 Å². The van der Waals surface area contributed by atoms with Crippen molar-refractivity contribution >= 4 is 40.4 Å². The summed E-state index contributed by atoms with van der Waals surface area (Å²) >= 11 is 6.82. The molecule has 2 aliphatic heterocycles. The minimum Gasteiger partial charge on any atom is -0.462 e. The van der Waals surface area contributed by atoms with Crippen molar-refractivity contribution in [1.29, 1.82) is 0 Å². The van der Waals surface area contributed by atoms with Crippen LogP contribution in [0.25, 0.3) is 10.9 Å². The van der Waals surface area contributed by atoms with Crippen LogP contribution < -0.4 is 15.6 Å². The Morgan fingerprint density at radius 2 is 1.94 bits per heavy atom. The molecule has 2 saturated heterocycles. The highest BCUT2D eigenvalue weighted by atomic mass is 35.5. The second kappa shape index (κ2) is 9.53. The first-order chi connectivity index (χ1) is 16.7. The SMILES string of the molecule is CSc1nc2c(F)c(Cl)nc(O[C@@H]([C@H]3NC[C@H]4CC[C@@H]3N4C(=O)OC(C)(C)C)C(F)(F)F)c2c(=O)[nH]1. The minimum absolute atomic E-state index is 0.0333. The number of carbonyl (C=O) groups excluding carboxylic acids is 1. The molecule has 0 spiro atoms. The molecule has 2 bridgehead atoms. The van der Waals surface area contributed by atoms with Gasteiger partial charge in [0, 0.05) is 12.6 Å². The lowest BCUT2D eigenvalue weighted by Gasteiger charge is -2.43. The number of nitrogens with zero attached hydrogens (tertiary/aromatic N) is 3. The summed E-state index contributed by atoms with van der Waals surface area (Å²) in [7, 11) is 0. The van der Waals surface area contributed by atoms with E-state index >= 15 is 0 Å². The van der Waals surface area contributed by atoms with E-state index in [9.17, 15) is 27.2 Å². The molecule has 0 saturated carbocycles. The van der Waals surface area contributed by atoms with E-state index in [1.807, 2.05) is 0 Å². The van der Waals surface area contributed by atoms with Crippen LogP contribution in [0.1, 0.15) is 33.6 Å². The maximum Gasteiger partial charge on any atom is 0.427 e. The van der Waals surface area contributed by atoms with E-state index in [0.29, 0.717) is 6.42 Å². The fourth-order valence-electron chi connectivity index (χ4n) is 4.53. The van der Waals surface area contributed by atoms with Crippen molar-refractivity contribution in [2.75, 3.05) is 12.8 Å². The lowest BCUT2D eigenvalue weighted by molar-refractivity contribution is -0.209. The Balaban J connectivity index is 1.75. The second-order valence-electron chi connectivity index (χ2n) is 9.52. The number of aromatic nitrogens is 3. The number of halogens is 5. The average Bonchev–Trinajstić information content (AvgIpc) is 3.07. The zero-order valence-corrected chi connectivity index (χ0v) is 21.3. The maximum absolute atomic E-state index is 14.6. The molecule has 9 nitrogen and oxygen atoms in total. The van der Waals surface area contributed by atoms with E-state index in [4.69, 9.17) is 21.1 Å². The number of carbonyl (C=O) groups is 1. The molecule has 2 aliphatic rings. The van der Waals surface area contributed by atoms with E-state index in [1.165, 1.54) is 4.90 Å². The van der Waals surface area contributed by atoms with Crippen molar-refractivity contribution in [2.24, 2.45) is 0 Å². The lowest BCUT2D eigenvalue weighted by atomic mass is 9.98. The van der Waals surface area contributed by atoms with E-state index in [-0.39, 0.29) is 24.2 Å². The van der Waals surface area contributed by atoms with Crippen molar-refractivity contribution in [3.63, 3.8) is 0 Å². The predicted octanol–water partition coefficient (Wildman–Crippen LogP) is 3.88. The van der Waals surface area contributed by atoms with Gasteiger partial charge < -0.3 is 19.8 Å². The number of ether oxygens (including phenoxy) is 2. The van der Waals surface area contributed by atoms with E-state index in [1.54, 1.807) is 27.0 Å². The molecule has 2 aromatic heterocycles. The number of nitrogens with one attached hydrogen (secondary N) is 2. The molecule has 36 heavy (non-hydrogen) atoms. The number of H-pyrrole nitrogens is 1. The molecule has 15 heteroatoms. The second-order valence-corrected chi connectivity index (χ2v) is 10.7. The predicted molar refractivity (Wildman–Crippen MR) is 124 cm³/mol. The molecular formula is C21H24ClF4N5O4S. The van der Waals surface area contributed by atoms with Crippen molar-refractivity contribution in [2.45, 2.75) is 74.8 Å². The Morgan fingerprint density at radius 1 is 1.25 bits per heavy atom. The number of pyridine rings is 1. The Hall–Kier alpha value is -2.32. The van der Waals surface area contributed by atoms with Crippen molar-refractivity contribution < 1.29 is 31.8 Å². The third-order valence-corrected chi connectivity index (χ3v) is 6.77. The maximum atomic E-state index is 14.6. The van der Waals surface area contributed by atoms with Crippen LogP contribution in [0.4, 0.5) is 22.4 Å². The molecule has 0 unspecified atom stereocenters. The van der Waals surface area contributed by atoms with Gasteiger partial charge in [0.15, 0.2) is 16.1 Å². The van der Waals surface area contributed by atoms with Gasteiger partial charge >= 0.3 is 12.3 Å². The summed E-state index contributed by atoms with van der Waals surface area (Å²) in [4.78, 5) is 36.7. The number of piperazine rings is 1. The highest BCUT2D eigenvalue weighted by Gasteiger charge is 2.56. The zero-order chi connectivity index (χ0) is 26.6. The van der Waals surface area contributed by atoms with Crippen LogP contribution in [0.2, 0.25) is 5.15 Å². The zero-order valence-electron chi connectivity index (χ0n) is 19.7. The number of alkyl halides is 3. The highest BCUT2D eigenvalue weighted by Crippen LogP contribution is 2.38. The minimum atomic E-state index is -4.96.